The Morgan fingerprint density at radius 2 is 1.88 bits per heavy atom. The highest BCUT2D eigenvalue weighted by molar-refractivity contribution is 9.10. The molecule has 1 aromatic heterocycles. The van der Waals surface area contributed by atoms with Gasteiger partial charge in [-0.1, -0.05) is 0 Å². The van der Waals surface area contributed by atoms with Gasteiger partial charge in [0.05, 0.1) is 12.8 Å². The summed E-state index contributed by atoms with van der Waals surface area (Å²) in [5.74, 6) is -2.59. The molecular formula is C10H10BrNO4. The van der Waals surface area contributed by atoms with Crippen molar-refractivity contribution < 1.29 is 19.8 Å². The summed E-state index contributed by atoms with van der Waals surface area (Å²) in [7, 11) is 0. The fraction of sp³-hybridized carbons (Fsp3) is 0.300. The van der Waals surface area contributed by atoms with Gasteiger partial charge in [-0.3, -0.25) is 14.6 Å². The molecule has 0 aliphatic carbocycles. The SMILES string of the molecule is O=C(O)CC(CC(=O)O)c1ccncc1Br. The monoisotopic (exact) mass is 287 g/mol. The molecule has 2 N–H and O–H groups in total. The maximum atomic E-state index is 10.7. The first-order valence-electron chi connectivity index (χ1n) is 4.53. The molecule has 1 rings (SSSR count). The minimum absolute atomic E-state index is 0.213. The highest BCUT2D eigenvalue weighted by atomic mass is 79.9. The van der Waals surface area contributed by atoms with Crippen LogP contribution in [0.3, 0.4) is 0 Å². The van der Waals surface area contributed by atoms with Crippen LogP contribution in [0, 0.1) is 0 Å². The van der Waals surface area contributed by atoms with Crippen molar-refractivity contribution in [2.24, 2.45) is 0 Å². The third-order valence-corrected chi connectivity index (χ3v) is 2.75. The topological polar surface area (TPSA) is 87.5 Å². The number of carboxylic acids is 2. The molecule has 0 saturated heterocycles. The molecule has 0 bridgehead atoms. The second-order valence-corrected chi connectivity index (χ2v) is 4.14. The molecule has 0 aromatic carbocycles. The van der Waals surface area contributed by atoms with Crippen molar-refractivity contribution >= 4 is 27.9 Å². The standard InChI is InChI=1S/C10H10BrNO4/c11-8-5-12-2-1-7(8)6(3-9(13)14)4-10(15)16/h1-2,5-6H,3-4H2,(H,13,14)(H,15,16). The molecule has 1 heterocycles. The summed E-state index contributed by atoms with van der Waals surface area (Å²) in [5, 5.41) is 17.5. The summed E-state index contributed by atoms with van der Waals surface area (Å²) in [4.78, 5) is 25.1. The van der Waals surface area contributed by atoms with E-state index in [1.165, 1.54) is 12.4 Å². The zero-order valence-corrected chi connectivity index (χ0v) is 9.85. The van der Waals surface area contributed by atoms with Crippen molar-refractivity contribution in [2.45, 2.75) is 18.8 Å². The summed E-state index contributed by atoms with van der Waals surface area (Å²) in [6.07, 6.45) is 2.60. The van der Waals surface area contributed by atoms with Crippen molar-refractivity contribution in [3.63, 3.8) is 0 Å². The number of aliphatic carboxylic acids is 2. The molecule has 0 aliphatic rings. The predicted octanol–water partition coefficient (Wildman–Crippen LogP) is 1.88. The second kappa shape index (κ2) is 5.60. The second-order valence-electron chi connectivity index (χ2n) is 3.29. The molecule has 0 unspecified atom stereocenters. The minimum Gasteiger partial charge on any atom is -0.481 e. The molecule has 0 spiro atoms. The van der Waals surface area contributed by atoms with Crippen LogP contribution in [-0.4, -0.2) is 27.1 Å². The Morgan fingerprint density at radius 3 is 2.31 bits per heavy atom. The Hall–Kier alpha value is -1.43. The highest BCUT2D eigenvalue weighted by Crippen LogP contribution is 2.29. The van der Waals surface area contributed by atoms with E-state index in [2.05, 4.69) is 20.9 Å². The molecule has 6 heteroatoms. The van der Waals surface area contributed by atoms with E-state index in [1.807, 2.05) is 0 Å². The van der Waals surface area contributed by atoms with Gasteiger partial charge >= 0.3 is 11.9 Å². The van der Waals surface area contributed by atoms with Crippen molar-refractivity contribution in [3.05, 3.63) is 28.5 Å². The van der Waals surface area contributed by atoms with E-state index in [4.69, 9.17) is 10.2 Å². The van der Waals surface area contributed by atoms with Crippen LogP contribution in [-0.2, 0) is 9.59 Å². The molecule has 1 aromatic rings. The van der Waals surface area contributed by atoms with Gasteiger partial charge in [0.15, 0.2) is 0 Å². The van der Waals surface area contributed by atoms with Crippen LogP contribution in [0.25, 0.3) is 0 Å². The van der Waals surface area contributed by atoms with Crippen LogP contribution in [0.15, 0.2) is 22.9 Å². The third-order valence-electron chi connectivity index (χ3n) is 2.09. The average Bonchev–Trinajstić information content (AvgIpc) is 2.15. The number of halogens is 1. The summed E-state index contributed by atoms with van der Waals surface area (Å²) < 4.78 is 0.627. The predicted molar refractivity (Wildman–Crippen MR) is 59.2 cm³/mol. The molecule has 5 nitrogen and oxygen atoms in total. The quantitative estimate of drug-likeness (QED) is 0.863. The lowest BCUT2D eigenvalue weighted by atomic mass is 9.93. The Labute approximate surface area is 100 Å². The van der Waals surface area contributed by atoms with E-state index in [-0.39, 0.29) is 12.8 Å². The Morgan fingerprint density at radius 1 is 1.31 bits per heavy atom. The smallest absolute Gasteiger partial charge is 0.303 e. The Bertz CT molecular complexity index is 392. The van der Waals surface area contributed by atoms with Gasteiger partial charge in [-0.05, 0) is 27.6 Å². The van der Waals surface area contributed by atoms with Gasteiger partial charge < -0.3 is 10.2 Å². The van der Waals surface area contributed by atoms with Gasteiger partial charge in [-0.15, -0.1) is 0 Å². The number of rotatable bonds is 5. The van der Waals surface area contributed by atoms with E-state index in [1.54, 1.807) is 6.07 Å². The van der Waals surface area contributed by atoms with E-state index < -0.39 is 17.9 Å². The lowest BCUT2D eigenvalue weighted by Crippen LogP contribution is -2.11. The Kier molecular flexibility index (Phi) is 4.42. The molecule has 0 fully saturated rings. The molecular weight excluding hydrogens is 278 g/mol. The zero-order chi connectivity index (χ0) is 12.1. The third kappa shape index (κ3) is 3.62. The fourth-order valence-electron chi connectivity index (χ4n) is 1.43. The number of carboxylic acid groups (broad SMARTS) is 2. The van der Waals surface area contributed by atoms with Gasteiger partial charge in [0.1, 0.15) is 0 Å². The zero-order valence-electron chi connectivity index (χ0n) is 8.26. The van der Waals surface area contributed by atoms with Crippen molar-refractivity contribution in [3.8, 4) is 0 Å². The number of hydrogen-bond acceptors (Lipinski definition) is 3. The largest absolute Gasteiger partial charge is 0.481 e. The number of aromatic nitrogens is 1. The van der Waals surface area contributed by atoms with Gasteiger partial charge in [-0.2, -0.15) is 0 Å². The summed E-state index contributed by atoms with van der Waals surface area (Å²) in [5.41, 5.74) is 0.653. The molecule has 86 valence electrons. The van der Waals surface area contributed by atoms with Crippen LogP contribution in [0.4, 0.5) is 0 Å². The molecule has 0 saturated carbocycles. The molecule has 16 heavy (non-hydrogen) atoms. The van der Waals surface area contributed by atoms with Crippen molar-refractivity contribution in [1.29, 1.82) is 0 Å². The fourth-order valence-corrected chi connectivity index (χ4v) is 2.00. The van der Waals surface area contributed by atoms with Crippen LogP contribution < -0.4 is 0 Å². The van der Waals surface area contributed by atoms with E-state index in [0.29, 0.717) is 10.0 Å². The van der Waals surface area contributed by atoms with Crippen LogP contribution >= 0.6 is 15.9 Å². The molecule has 0 atom stereocenters. The van der Waals surface area contributed by atoms with Crippen molar-refractivity contribution in [2.75, 3.05) is 0 Å². The van der Waals surface area contributed by atoms with Gasteiger partial charge in [0.2, 0.25) is 0 Å². The van der Waals surface area contributed by atoms with E-state index >= 15 is 0 Å². The number of nitrogens with zero attached hydrogens (tertiary/aromatic N) is 1. The average molecular weight is 288 g/mol. The summed E-state index contributed by atoms with van der Waals surface area (Å²) in [6.45, 7) is 0. The number of pyridine rings is 1. The minimum atomic E-state index is -1.02. The van der Waals surface area contributed by atoms with Crippen LogP contribution in [0.1, 0.15) is 24.3 Å². The first-order chi connectivity index (χ1) is 7.50. The lowest BCUT2D eigenvalue weighted by Gasteiger charge is -2.14. The van der Waals surface area contributed by atoms with E-state index in [9.17, 15) is 9.59 Å². The number of hydrogen-bond donors (Lipinski definition) is 2. The van der Waals surface area contributed by atoms with Crippen LogP contribution in [0.2, 0.25) is 0 Å². The Balaban J connectivity index is 2.96. The molecule has 0 radical (unpaired) electrons. The van der Waals surface area contributed by atoms with E-state index in [0.717, 1.165) is 0 Å². The van der Waals surface area contributed by atoms with Gasteiger partial charge in [0, 0.05) is 22.8 Å². The van der Waals surface area contributed by atoms with Gasteiger partial charge in [0.25, 0.3) is 0 Å². The normalized spacial score (nSPS) is 10.4. The summed E-state index contributed by atoms with van der Waals surface area (Å²) >= 11 is 3.23. The summed E-state index contributed by atoms with van der Waals surface area (Å²) in [6, 6.07) is 1.63. The first kappa shape index (κ1) is 12.6. The van der Waals surface area contributed by atoms with Gasteiger partial charge in [-0.25, -0.2) is 0 Å². The molecule has 0 amide bonds. The maximum Gasteiger partial charge on any atom is 0.303 e. The first-order valence-corrected chi connectivity index (χ1v) is 5.33. The maximum absolute atomic E-state index is 10.7. The van der Waals surface area contributed by atoms with Crippen molar-refractivity contribution in [1.82, 2.24) is 4.98 Å². The lowest BCUT2D eigenvalue weighted by molar-refractivity contribution is -0.139. The molecule has 0 aliphatic heterocycles. The van der Waals surface area contributed by atoms with Crippen LogP contribution in [0.5, 0.6) is 0 Å². The number of carbonyl (C=O) groups is 2. The highest BCUT2D eigenvalue weighted by Gasteiger charge is 2.20.